The van der Waals surface area contributed by atoms with Crippen molar-refractivity contribution in [3.8, 4) is 0 Å². The molecule has 0 saturated heterocycles. The van der Waals surface area contributed by atoms with Crippen molar-refractivity contribution in [2.75, 3.05) is 28.7 Å². The van der Waals surface area contributed by atoms with Crippen LogP contribution in [0.25, 0.3) is 0 Å². The lowest BCUT2D eigenvalue weighted by Crippen LogP contribution is -2.25. The lowest BCUT2D eigenvalue weighted by Gasteiger charge is -2.19. The molecule has 2 aromatic carbocycles. The van der Waals surface area contributed by atoms with Crippen LogP contribution in [0, 0.1) is 5.82 Å². The molecule has 0 aliphatic heterocycles. The second-order valence-corrected chi connectivity index (χ2v) is 6.19. The normalized spacial score (nSPS) is 10.9. The fourth-order valence-electron chi connectivity index (χ4n) is 2.66. The van der Waals surface area contributed by atoms with Crippen LogP contribution in [0.2, 0.25) is 0 Å². The molecule has 3 aromatic rings. The van der Waals surface area contributed by atoms with E-state index in [1.165, 1.54) is 12.3 Å². The van der Waals surface area contributed by atoms with Crippen molar-refractivity contribution in [1.29, 1.82) is 0 Å². The molecule has 7 nitrogen and oxygen atoms in total. The number of benzene rings is 2. The second-order valence-electron chi connectivity index (χ2n) is 6.19. The Morgan fingerprint density at radius 2 is 1.62 bits per heavy atom. The van der Waals surface area contributed by atoms with Crippen LogP contribution in [-0.4, -0.2) is 34.3 Å². The third kappa shape index (κ3) is 5.71. The topological polar surface area (TPSA) is 78.3 Å². The first-order valence-corrected chi connectivity index (χ1v) is 9.52. The molecule has 0 unspecified atom stereocenters. The zero-order chi connectivity index (χ0) is 20.5. The minimum atomic E-state index is -0.345. The Morgan fingerprint density at radius 3 is 2.34 bits per heavy atom. The van der Waals surface area contributed by atoms with Crippen LogP contribution in [0.3, 0.4) is 0 Å². The van der Waals surface area contributed by atoms with Crippen molar-refractivity contribution >= 4 is 24.1 Å². The van der Waals surface area contributed by atoms with Gasteiger partial charge in [-0.05, 0) is 25.5 Å². The highest BCUT2D eigenvalue weighted by molar-refractivity contribution is 5.80. The van der Waals surface area contributed by atoms with Crippen molar-refractivity contribution in [1.82, 2.24) is 15.0 Å². The van der Waals surface area contributed by atoms with Gasteiger partial charge in [0.2, 0.25) is 17.8 Å². The van der Waals surface area contributed by atoms with E-state index in [0.29, 0.717) is 24.0 Å². The molecule has 0 radical (unpaired) electrons. The molecular weight excluding hydrogens is 369 g/mol. The van der Waals surface area contributed by atoms with E-state index in [1.54, 1.807) is 18.2 Å². The second kappa shape index (κ2) is 10.1. The van der Waals surface area contributed by atoms with Gasteiger partial charge in [-0.1, -0.05) is 48.5 Å². The van der Waals surface area contributed by atoms with E-state index in [0.717, 1.165) is 18.7 Å². The van der Waals surface area contributed by atoms with Crippen molar-refractivity contribution in [2.24, 2.45) is 5.10 Å². The van der Waals surface area contributed by atoms with Crippen LogP contribution in [0.4, 0.5) is 22.2 Å². The molecule has 150 valence electrons. The van der Waals surface area contributed by atoms with Gasteiger partial charge in [0.15, 0.2) is 0 Å². The molecule has 29 heavy (non-hydrogen) atoms. The number of nitrogens with zero attached hydrogens (tertiary/aromatic N) is 5. The fraction of sp³-hybridized carbons (Fsp3) is 0.238. The lowest BCUT2D eigenvalue weighted by atomic mass is 10.2. The molecule has 0 bridgehead atoms. The zero-order valence-electron chi connectivity index (χ0n) is 16.5. The molecule has 0 aliphatic rings. The predicted octanol–water partition coefficient (Wildman–Crippen LogP) is 3.92. The minimum Gasteiger partial charge on any atom is -0.350 e. The first-order valence-electron chi connectivity index (χ1n) is 9.52. The maximum Gasteiger partial charge on any atom is 0.250 e. The zero-order valence-corrected chi connectivity index (χ0v) is 16.5. The van der Waals surface area contributed by atoms with E-state index in [9.17, 15) is 4.39 Å². The van der Waals surface area contributed by atoms with Gasteiger partial charge in [-0.15, -0.1) is 0 Å². The highest BCUT2D eigenvalue weighted by Gasteiger charge is 2.11. The number of hydrogen-bond donors (Lipinski definition) is 2. The van der Waals surface area contributed by atoms with Crippen molar-refractivity contribution < 1.29 is 4.39 Å². The van der Waals surface area contributed by atoms with Gasteiger partial charge >= 0.3 is 0 Å². The molecule has 0 amide bonds. The number of nitrogens with one attached hydrogen (secondary N) is 2. The number of aromatic nitrogens is 3. The fourth-order valence-corrected chi connectivity index (χ4v) is 2.66. The Labute approximate surface area is 169 Å². The van der Waals surface area contributed by atoms with Crippen molar-refractivity contribution in [3.05, 3.63) is 71.5 Å². The SMILES string of the molecule is CCN(CC)c1nc(NCc2ccccc2)nc(NN=Cc2ccccc2F)n1. The molecule has 2 N–H and O–H groups in total. The summed E-state index contributed by atoms with van der Waals surface area (Å²) in [5.74, 6) is 0.922. The molecule has 0 spiro atoms. The molecule has 0 aliphatic carbocycles. The maximum absolute atomic E-state index is 13.7. The maximum atomic E-state index is 13.7. The average molecular weight is 393 g/mol. The minimum absolute atomic E-state index is 0.282. The third-order valence-electron chi connectivity index (χ3n) is 4.24. The molecule has 1 heterocycles. The number of rotatable bonds is 9. The van der Waals surface area contributed by atoms with Crippen LogP contribution in [0.5, 0.6) is 0 Å². The van der Waals surface area contributed by atoms with Gasteiger partial charge in [0.05, 0.1) is 6.21 Å². The predicted molar refractivity (Wildman–Crippen MR) is 115 cm³/mol. The van der Waals surface area contributed by atoms with E-state index in [-0.39, 0.29) is 11.8 Å². The summed E-state index contributed by atoms with van der Waals surface area (Å²) in [6.45, 7) is 6.18. The van der Waals surface area contributed by atoms with E-state index in [4.69, 9.17) is 0 Å². The molecule has 0 fully saturated rings. The molecule has 8 heteroatoms. The number of hydrazone groups is 1. The lowest BCUT2D eigenvalue weighted by molar-refractivity contribution is 0.626. The summed E-state index contributed by atoms with van der Waals surface area (Å²) in [4.78, 5) is 15.3. The van der Waals surface area contributed by atoms with E-state index in [2.05, 4.69) is 30.8 Å². The quantitative estimate of drug-likeness (QED) is 0.424. The highest BCUT2D eigenvalue weighted by atomic mass is 19.1. The summed E-state index contributed by atoms with van der Waals surface area (Å²) in [6, 6.07) is 16.4. The van der Waals surface area contributed by atoms with Crippen LogP contribution in [-0.2, 0) is 6.54 Å². The summed E-state index contributed by atoms with van der Waals surface area (Å²) < 4.78 is 13.7. The summed E-state index contributed by atoms with van der Waals surface area (Å²) in [6.07, 6.45) is 1.40. The van der Waals surface area contributed by atoms with E-state index >= 15 is 0 Å². The standard InChI is InChI=1S/C21H24FN7/c1-3-29(4-2)21-26-19(23-14-16-10-6-5-7-11-16)25-20(27-21)28-24-15-17-12-8-9-13-18(17)22/h5-13,15H,3-4,14H2,1-2H3,(H2,23,25,26,27,28). The smallest absolute Gasteiger partial charge is 0.250 e. The average Bonchev–Trinajstić information content (AvgIpc) is 2.75. The molecule has 0 atom stereocenters. The van der Waals surface area contributed by atoms with Gasteiger partial charge in [-0.3, -0.25) is 0 Å². The van der Waals surface area contributed by atoms with Crippen molar-refractivity contribution in [2.45, 2.75) is 20.4 Å². The van der Waals surface area contributed by atoms with Gasteiger partial charge < -0.3 is 10.2 Å². The first-order chi connectivity index (χ1) is 14.2. The van der Waals surface area contributed by atoms with Crippen LogP contribution >= 0.6 is 0 Å². The molecule has 3 rings (SSSR count). The third-order valence-corrected chi connectivity index (χ3v) is 4.24. The van der Waals surface area contributed by atoms with Gasteiger partial charge in [-0.25, -0.2) is 9.82 Å². The Kier molecular flexibility index (Phi) is 7.05. The number of anilines is 3. The first kappa shape index (κ1) is 20.2. The Balaban J connectivity index is 1.79. The summed E-state index contributed by atoms with van der Waals surface area (Å²) in [7, 11) is 0. The molecule has 0 saturated carbocycles. The molecular formula is C21H24FN7. The van der Waals surface area contributed by atoms with Crippen LogP contribution in [0.1, 0.15) is 25.0 Å². The van der Waals surface area contributed by atoms with Crippen molar-refractivity contribution in [3.63, 3.8) is 0 Å². The number of hydrogen-bond acceptors (Lipinski definition) is 7. The van der Waals surface area contributed by atoms with Gasteiger partial charge in [0.25, 0.3) is 0 Å². The van der Waals surface area contributed by atoms with Gasteiger partial charge in [-0.2, -0.15) is 20.1 Å². The van der Waals surface area contributed by atoms with Gasteiger partial charge in [0.1, 0.15) is 5.82 Å². The Hall–Kier alpha value is -3.55. The largest absolute Gasteiger partial charge is 0.350 e. The summed E-state index contributed by atoms with van der Waals surface area (Å²) in [5.41, 5.74) is 4.27. The Bertz CT molecular complexity index is 943. The van der Waals surface area contributed by atoms with E-state index in [1.807, 2.05) is 49.1 Å². The van der Waals surface area contributed by atoms with E-state index < -0.39 is 0 Å². The van der Waals surface area contributed by atoms with Crippen LogP contribution in [0.15, 0.2) is 59.7 Å². The summed E-state index contributed by atoms with van der Waals surface area (Å²) in [5, 5.41) is 7.29. The summed E-state index contributed by atoms with van der Waals surface area (Å²) >= 11 is 0. The van der Waals surface area contributed by atoms with Crippen LogP contribution < -0.4 is 15.6 Å². The highest BCUT2D eigenvalue weighted by Crippen LogP contribution is 2.14. The van der Waals surface area contributed by atoms with Gasteiger partial charge in [0, 0.05) is 25.2 Å². The Morgan fingerprint density at radius 1 is 0.931 bits per heavy atom. The monoisotopic (exact) mass is 393 g/mol. The number of halogens is 1. The molecule has 1 aromatic heterocycles.